The number of hydrogen-bond donors (Lipinski definition) is 2. The molecule has 86 valence electrons. The second-order valence-electron chi connectivity index (χ2n) is 4.23. The first-order valence-corrected chi connectivity index (χ1v) is 5.22. The van der Waals surface area contributed by atoms with Gasteiger partial charge in [0.25, 0.3) is 0 Å². The summed E-state index contributed by atoms with van der Waals surface area (Å²) in [5.41, 5.74) is 5.20. The summed E-state index contributed by atoms with van der Waals surface area (Å²) in [5.74, 6) is -0.888. The van der Waals surface area contributed by atoms with E-state index in [9.17, 15) is 9.59 Å². The number of nitrogens with zero attached hydrogens (tertiary/aromatic N) is 1. The van der Waals surface area contributed by atoms with Crippen molar-refractivity contribution in [3.63, 3.8) is 0 Å². The Bertz CT molecular complexity index is 261. The Morgan fingerprint density at radius 1 is 1.47 bits per heavy atom. The highest BCUT2D eigenvalue weighted by molar-refractivity contribution is 5.86. The zero-order valence-electron chi connectivity index (χ0n) is 9.03. The number of nitrogens with two attached hydrogens (primary N) is 1. The van der Waals surface area contributed by atoms with Crippen LogP contribution in [0.3, 0.4) is 0 Å². The van der Waals surface area contributed by atoms with Crippen molar-refractivity contribution in [1.82, 2.24) is 4.90 Å². The highest BCUT2D eigenvalue weighted by Gasteiger charge is 2.41. The zero-order valence-corrected chi connectivity index (χ0v) is 9.03. The van der Waals surface area contributed by atoms with Gasteiger partial charge in [0.2, 0.25) is 5.91 Å². The second kappa shape index (κ2) is 4.61. The molecule has 0 saturated heterocycles. The predicted octanol–water partition coefficient (Wildman–Crippen LogP) is 0.191. The van der Waals surface area contributed by atoms with Gasteiger partial charge in [0.05, 0.1) is 5.54 Å². The average Bonchev–Trinajstić information content (AvgIpc) is 2.12. The van der Waals surface area contributed by atoms with E-state index in [1.54, 1.807) is 11.9 Å². The SMILES string of the molecule is CN(CCCC(=O)O)C(=O)C1(N)CCC1. The molecule has 0 spiro atoms. The smallest absolute Gasteiger partial charge is 0.303 e. The lowest BCUT2D eigenvalue weighted by Crippen LogP contribution is -2.58. The minimum atomic E-state index is -0.832. The third-order valence-corrected chi connectivity index (χ3v) is 2.90. The van der Waals surface area contributed by atoms with Crippen LogP contribution in [0.15, 0.2) is 0 Å². The Labute approximate surface area is 89.2 Å². The number of carbonyl (C=O) groups excluding carboxylic acids is 1. The van der Waals surface area contributed by atoms with Crippen LogP contribution >= 0.6 is 0 Å². The van der Waals surface area contributed by atoms with Crippen LogP contribution < -0.4 is 5.73 Å². The van der Waals surface area contributed by atoms with Gasteiger partial charge in [-0.3, -0.25) is 9.59 Å². The van der Waals surface area contributed by atoms with Gasteiger partial charge in [-0.2, -0.15) is 0 Å². The van der Waals surface area contributed by atoms with E-state index in [1.165, 1.54) is 0 Å². The Hall–Kier alpha value is -1.10. The van der Waals surface area contributed by atoms with Gasteiger partial charge in [-0.05, 0) is 25.7 Å². The fourth-order valence-corrected chi connectivity index (χ4v) is 1.72. The van der Waals surface area contributed by atoms with E-state index in [-0.39, 0.29) is 12.3 Å². The summed E-state index contributed by atoms with van der Waals surface area (Å²) in [6.45, 7) is 0.462. The van der Waals surface area contributed by atoms with E-state index in [1.807, 2.05) is 0 Å². The summed E-state index contributed by atoms with van der Waals surface area (Å²) in [6.07, 6.45) is 3.07. The molecular formula is C10H18N2O3. The van der Waals surface area contributed by atoms with E-state index in [0.29, 0.717) is 13.0 Å². The molecule has 0 radical (unpaired) electrons. The number of carboxylic acids is 1. The molecule has 1 aliphatic carbocycles. The number of likely N-dealkylation sites (N-methyl/N-ethyl adjacent to an activating group) is 1. The summed E-state index contributed by atoms with van der Waals surface area (Å²) in [4.78, 5) is 23.6. The van der Waals surface area contributed by atoms with Gasteiger partial charge >= 0.3 is 5.97 Å². The lowest BCUT2D eigenvalue weighted by atomic mass is 9.76. The molecule has 1 amide bonds. The topological polar surface area (TPSA) is 83.6 Å². The van der Waals surface area contributed by atoms with Gasteiger partial charge in [0, 0.05) is 20.0 Å². The highest BCUT2D eigenvalue weighted by Crippen LogP contribution is 2.30. The maximum absolute atomic E-state index is 11.8. The van der Waals surface area contributed by atoms with Crippen molar-refractivity contribution in [3.05, 3.63) is 0 Å². The van der Waals surface area contributed by atoms with Crippen LogP contribution in [0.4, 0.5) is 0 Å². The predicted molar refractivity (Wildman–Crippen MR) is 55.3 cm³/mol. The third kappa shape index (κ3) is 2.92. The van der Waals surface area contributed by atoms with Crippen molar-refractivity contribution in [1.29, 1.82) is 0 Å². The average molecular weight is 214 g/mol. The molecule has 1 saturated carbocycles. The Morgan fingerprint density at radius 3 is 2.47 bits per heavy atom. The van der Waals surface area contributed by atoms with Crippen molar-refractivity contribution in [3.8, 4) is 0 Å². The standard InChI is InChI=1S/C10H18N2O3/c1-12(7-2-4-8(13)14)9(15)10(11)5-3-6-10/h2-7,11H2,1H3,(H,13,14). The van der Waals surface area contributed by atoms with Crippen LogP contribution in [0, 0.1) is 0 Å². The summed E-state index contributed by atoms with van der Waals surface area (Å²) in [7, 11) is 1.68. The van der Waals surface area contributed by atoms with Gasteiger partial charge in [0.15, 0.2) is 0 Å². The number of carboxylic acid groups (broad SMARTS) is 1. The molecule has 1 rings (SSSR count). The van der Waals surface area contributed by atoms with Crippen LogP contribution in [0.25, 0.3) is 0 Å². The molecule has 0 aromatic rings. The molecule has 1 aliphatic rings. The molecule has 15 heavy (non-hydrogen) atoms. The van der Waals surface area contributed by atoms with Gasteiger partial charge in [-0.25, -0.2) is 0 Å². The summed E-state index contributed by atoms with van der Waals surface area (Å²) in [6, 6.07) is 0. The van der Waals surface area contributed by atoms with Crippen LogP contribution in [-0.4, -0.2) is 41.0 Å². The summed E-state index contributed by atoms with van der Waals surface area (Å²) < 4.78 is 0. The Kier molecular flexibility index (Phi) is 3.68. The maximum Gasteiger partial charge on any atom is 0.303 e. The van der Waals surface area contributed by atoms with E-state index in [2.05, 4.69) is 0 Å². The van der Waals surface area contributed by atoms with E-state index in [4.69, 9.17) is 10.8 Å². The van der Waals surface area contributed by atoms with Crippen LogP contribution in [-0.2, 0) is 9.59 Å². The second-order valence-corrected chi connectivity index (χ2v) is 4.23. The summed E-state index contributed by atoms with van der Waals surface area (Å²) >= 11 is 0. The van der Waals surface area contributed by atoms with Crippen molar-refractivity contribution < 1.29 is 14.7 Å². The normalized spacial score (nSPS) is 18.0. The van der Waals surface area contributed by atoms with Gasteiger partial charge in [-0.15, -0.1) is 0 Å². The first-order chi connectivity index (χ1) is 6.96. The first-order valence-electron chi connectivity index (χ1n) is 5.22. The largest absolute Gasteiger partial charge is 0.481 e. The molecule has 0 unspecified atom stereocenters. The van der Waals surface area contributed by atoms with Gasteiger partial charge < -0.3 is 15.7 Å². The van der Waals surface area contributed by atoms with Crippen LogP contribution in [0.5, 0.6) is 0 Å². The Balaban J connectivity index is 2.30. The molecule has 0 aliphatic heterocycles. The summed E-state index contributed by atoms with van der Waals surface area (Å²) in [5, 5.41) is 8.45. The number of rotatable bonds is 5. The lowest BCUT2D eigenvalue weighted by molar-refractivity contribution is -0.140. The number of aliphatic carboxylic acids is 1. The molecule has 5 nitrogen and oxygen atoms in total. The minimum Gasteiger partial charge on any atom is -0.481 e. The highest BCUT2D eigenvalue weighted by atomic mass is 16.4. The molecule has 0 aromatic carbocycles. The minimum absolute atomic E-state index is 0.0564. The van der Waals surface area contributed by atoms with E-state index >= 15 is 0 Å². The third-order valence-electron chi connectivity index (χ3n) is 2.90. The van der Waals surface area contributed by atoms with Crippen LogP contribution in [0.1, 0.15) is 32.1 Å². The molecular weight excluding hydrogens is 196 g/mol. The van der Waals surface area contributed by atoms with Crippen molar-refractivity contribution in [2.75, 3.05) is 13.6 Å². The van der Waals surface area contributed by atoms with Crippen molar-refractivity contribution in [2.24, 2.45) is 5.73 Å². The molecule has 0 aromatic heterocycles. The molecule has 3 N–H and O–H groups in total. The first kappa shape index (κ1) is 12.0. The molecule has 1 fully saturated rings. The fourth-order valence-electron chi connectivity index (χ4n) is 1.72. The quantitative estimate of drug-likeness (QED) is 0.684. The lowest BCUT2D eigenvalue weighted by Gasteiger charge is -2.39. The molecule has 5 heteroatoms. The van der Waals surface area contributed by atoms with Crippen molar-refractivity contribution >= 4 is 11.9 Å². The van der Waals surface area contributed by atoms with Crippen molar-refractivity contribution in [2.45, 2.75) is 37.6 Å². The monoisotopic (exact) mass is 214 g/mol. The zero-order chi connectivity index (χ0) is 11.5. The molecule has 0 bridgehead atoms. The van der Waals surface area contributed by atoms with Gasteiger partial charge in [-0.1, -0.05) is 0 Å². The van der Waals surface area contributed by atoms with E-state index < -0.39 is 11.5 Å². The number of hydrogen-bond acceptors (Lipinski definition) is 3. The molecule has 0 heterocycles. The molecule has 0 atom stereocenters. The maximum atomic E-state index is 11.8. The Morgan fingerprint density at radius 2 is 2.07 bits per heavy atom. The van der Waals surface area contributed by atoms with E-state index in [0.717, 1.165) is 19.3 Å². The number of carbonyl (C=O) groups is 2. The van der Waals surface area contributed by atoms with Crippen LogP contribution in [0.2, 0.25) is 0 Å². The van der Waals surface area contributed by atoms with Gasteiger partial charge in [0.1, 0.15) is 0 Å². The number of amides is 1. The fraction of sp³-hybridized carbons (Fsp3) is 0.800.